The smallest absolute Gasteiger partial charge is 0.197 e. The lowest BCUT2D eigenvalue weighted by molar-refractivity contribution is 0.227. The highest BCUT2D eigenvalue weighted by atomic mass is 32.1. The van der Waals surface area contributed by atoms with Crippen molar-refractivity contribution in [1.29, 1.82) is 0 Å². The minimum absolute atomic E-state index is 0.188. The van der Waals surface area contributed by atoms with E-state index in [1.54, 1.807) is 0 Å². The second kappa shape index (κ2) is 4.04. The number of hydrogen-bond acceptors (Lipinski definition) is 2. The van der Waals surface area contributed by atoms with Crippen molar-refractivity contribution in [3.63, 3.8) is 0 Å². The largest absolute Gasteiger partial charge is 0.334 e. The van der Waals surface area contributed by atoms with Crippen LogP contribution in [0, 0.1) is 10.2 Å². The first-order valence-corrected chi connectivity index (χ1v) is 8.06. The van der Waals surface area contributed by atoms with Gasteiger partial charge in [-0.1, -0.05) is 51.1 Å². The second-order valence-corrected chi connectivity index (χ2v) is 7.58. The zero-order valence-corrected chi connectivity index (χ0v) is 13.6. The van der Waals surface area contributed by atoms with Crippen LogP contribution < -0.4 is 0 Å². The third kappa shape index (κ3) is 1.53. The molecule has 0 aliphatic heterocycles. The molecule has 0 radical (unpaired) electrons. The highest BCUT2D eigenvalue weighted by Gasteiger charge is 2.60. The lowest BCUT2D eigenvalue weighted by Crippen LogP contribution is -2.32. The van der Waals surface area contributed by atoms with E-state index in [0.717, 1.165) is 5.69 Å². The Morgan fingerprint density at radius 1 is 1.19 bits per heavy atom. The van der Waals surface area contributed by atoms with Gasteiger partial charge in [-0.2, -0.15) is 0 Å². The predicted octanol–water partition coefficient (Wildman–Crippen LogP) is 4.98. The number of fused-ring (bicyclic) bond motifs is 5. The van der Waals surface area contributed by atoms with Crippen molar-refractivity contribution in [1.82, 2.24) is 9.97 Å². The highest BCUT2D eigenvalue weighted by molar-refractivity contribution is 7.71. The van der Waals surface area contributed by atoms with Crippen LogP contribution >= 0.6 is 12.2 Å². The van der Waals surface area contributed by atoms with Crippen LogP contribution in [0.5, 0.6) is 0 Å². The van der Waals surface area contributed by atoms with Gasteiger partial charge in [0.25, 0.3) is 0 Å². The van der Waals surface area contributed by atoms with Crippen LogP contribution in [0.15, 0.2) is 30.3 Å². The summed E-state index contributed by atoms with van der Waals surface area (Å²) < 4.78 is 0.608. The first-order chi connectivity index (χ1) is 9.95. The summed E-state index contributed by atoms with van der Waals surface area (Å²) in [4.78, 5) is 8.12. The molecule has 1 aromatic heterocycles. The number of aromatic nitrogens is 2. The molecule has 2 atom stereocenters. The van der Waals surface area contributed by atoms with Crippen LogP contribution in [0.3, 0.4) is 0 Å². The van der Waals surface area contributed by atoms with Crippen molar-refractivity contribution in [2.45, 2.75) is 44.9 Å². The van der Waals surface area contributed by atoms with E-state index in [9.17, 15) is 0 Å². The molecule has 4 rings (SSSR count). The van der Waals surface area contributed by atoms with Crippen LogP contribution in [0.1, 0.15) is 50.8 Å². The molecular formula is C18H20N2S. The number of hydrogen-bond donors (Lipinski definition) is 1. The summed E-state index contributed by atoms with van der Waals surface area (Å²) in [7, 11) is 0. The standard InChI is InChI=1S/C18H20N2S/c1-17(2)12-9-10-18(17,3)15-13(12)14(19-16(21)20-15)11-7-5-4-6-8-11/h4-8,12H,9-10H2,1-3H3,(H,19,20,21). The third-order valence-corrected chi connectivity index (χ3v) is 6.34. The van der Waals surface area contributed by atoms with Gasteiger partial charge in [0.05, 0.1) is 5.69 Å². The Morgan fingerprint density at radius 3 is 2.62 bits per heavy atom. The van der Waals surface area contributed by atoms with Gasteiger partial charge in [-0.05, 0) is 36.4 Å². The molecule has 108 valence electrons. The summed E-state index contributed by atoms with van der Waals surface area (Å²) >= 11 is 5.41. The zero-order chi connectivity index (χ0) is 14.8. The Hall–Kier alpha value is -1.48. The van der Waals surface area contributed by atoms with Crippen LogP contribution in [0.2, 0.25) is 0 Å². The SMILES string of the molecule is CC12CCC(c3c(-c4ccccc4)nc(=S)[nH]c31)C2(C)C. The average Bonchev–Trinajstić information content (AvgIpc) is 2.79. The van der Waals surface area contributed by atoms with E-state index in [2.05, 4.69) is 55.0 Å². The minimum atomic E-state index is 0.188. The Bertz CT molecular complexity index is 776. The van der Waals surface area contributed by atoms with Gasteiger partial charge >= 0.3 is 0 Å². The fourth-order valence-electron chi connectivity index (χ4n) is 4.53. The van der Waals surface area contributed by atoms with Crippen molar-refractivity contribution < 1.29 is 0 Å². The van der Waals surface area contributed by atoms with Gasteiger partial charge in [0.15, 0.2) is 4.77 Å². The maximum atomic E-state index is 5.41. The van der Waals surface area contributed by atoms with Gasteiger partial charge in [0, 0.05) is 22.2 Å². The Morgan fingerprint density at radius 2 is 1.90 bits per heavy atom. The monoisotopic (exact) mass is 296 g/mol. The molecule has 1 fully saturated rings. The topological polar surface area (TPSA) is 28.7 Å². The maximum Gasteiger partial charge on any atom is 0.197 e. The molecule has 2 aliphatic carbocycles. The molecule has 2 nitrogen and oxygen atoms in total. The van der Waals surface area contributed by atoms with E-state index in [4.69, 9.17) is 12.2 Å². The molecule has 1 heterocycles. The van der Waals surface area contributed by atoms with Gasteiger partial charge < -0.3 is 4.98 Å². The summed E-state index contributed by atoms with van der Waals surface area (Å²) in [5.41, 5.74) is 5.47. The van der Waals surface area contributed by atoms with E-state index in [0.29, 0.717) is 10.7 Å². The van der Waals surface area contributed by atoms with Gasteiger partial charge in [-0.25, -0.2) is 4.98 Å². The normalized spacial score (nSPS) is 28.6. The molecule has 1 aromatic carbocycles. The Labute approximate surface area is 130 Å². The molecule has 3 heteroatoms. The molecule has 2 bridgehead atoms. The summed E-state index contributed by atoms with van der Waals surface area (Å²) in [5, 5.41) is 0. The van der Waals surface area contributed by atoms with Crippen LogP contribution in [0.25, 0.3) is 11.3 Å². The molecule has 0 spiro atoms. The van der Waals surface area contributed by atoms with Gasteiger partial charge in [-0.15, -0.1) is 0 Å². The molecule has 1 N–H and O–H groups in total. The number of nitrogens with zero attached hydrogens (tertiary/aromatic N) is 1. The maximum absolute atomic E-state index is 5.41. The number of benzene rings is 1. The summed E-state index contributed by atoms with van der Waals surface area (Å²) in [6, 6.07) is 10.5. The number of aromatic amines is 1. The quantitative estimate of drug-likeness (QED) is 0.752. The molecule has 2 unspecified atom stereocenters. The summed E-state index contributed by atoms with van der Waals surface area (Å²) in [5.74, 6) is 0.576. The zero-order valence-electron chi connectivity index (χ0n) is 12.7. The van der Waals surface area contributed by atoms with E-state index >= 15 is 0 Å². The first-order valence-electron chi connectivity index (χ1n) is 7.65. The number of rotatable bonds is 1. The van der Waals surface area contributed by atoms with Crippen molar-refractivity contribution >= 4 is 12.2 Å². The molecule has 0 saturated heterocycles. The Kier molecular flexibility index (Phi) is 2.54. The fourth-order valence-corrected chi connectivity index (χ4v) is 4.72. The fraction of sp³-hybridized carbons (Fsp3) is 0.444. The van der Waals surface area contributed by atoms with Crippen LogP contribution in [-0.4, -0.2) is 9.97 Å². The molecule has 0 amide bonds. The van der Waals surface area contributed by atoms with E-state index in [1.165, 1.54) is 29.7 Å². The van der Waals surface area contributed by atoms with E-state index in [-0.39, 0.29) is 10.8 Å². The summed E-state index contributed by atoms with van der Waals surface area (Å²) in [6.07, 6.45) is 2.49. The molecule has 1 saturated carbocycles. The van der Waals surface area contributed by atoms with Gasteiger partial charge in [0.2, 0.25) is 0 Å². The van der Waals surface area contributed by atoms with Gasteiger partial charge in [-0.3, -0.25) is 0 Å². The van der Waals surface area contributed by atoms with Crippen molar-refractivity contribution in [3.8, 4) is 11.3 Å². The minimum Gasteiger partial charge on any atom is -0.334 e. The predicted molar refractivity (Wildman–Crippen MR) is 88.0 cm³/mol. The molecular weight excluding hydrogens is 276 g/mol. The molecule has 21 heavy (non-hydrogen) atoms. The van der Waals surface area contributed by atoms with E-state index in [1.807, 2.05) is 6.07 Å². The lowest BCUT2D eigenvalue weighted by Gasteiger charge is -2.34. The van der Waals surface area contributed by atoms with Crippen LogP contribution in [0.4, 0.5) is 0 Å². The van der Waals surface area contributed by atoms with Crippen molar-refractivity contribution in [2.24, 2.45) is 5.41 Å². The Balaban J connectivity index is 2.06. The average molecular weight is 296 g/mol. The van der Waals surface area contributed by atoms with Crippen molar-refractivity contribution in [3.05, 3.63) is 46.4 Å². The van der Waals surface area contributed by atoms with Gasteiger partial charge in [0.1, 0.15) is 0 Å². The second-order valence-electron chi connectivity index (χ2n) is 7.19. The first kappa shape index (κ1) is 13.2. The number of nitrogens with one attached hydrogen (secondary N) is 1. The van der Waals surface area contributed by atoms with E-state index < -0.39 is 0 Å². The summed E-state index contributed by atoms with van der Waals surface area (Å²) in [6.45, 7) is 7.19. The molecule has 2 aliphatic rings. The third-order valence-electron chi connectivity index (χ3n) is 6.14. The van der Waals surface area contributed by atoms with Crippen LogP contribution in [-0.2, 0) is 5.41 Å². The highest BCUT2D eigenvalue weighted by Crippen LogP contribution is 2.68. The molecule has 2 aromatic rings. The lowest BCUT2D eigenvalue weighted by atomic mass is 9.70. The number of H-pyrrole nitrogens is 1. The van der Waals surface area contributed by atoms with Crippen molar-refractivity contribution in [2.75, 3.05) is 0 Å².